The Kier molecular flexibility index (Phi) is 6.97. The van der Waals surface area contributed by atoms with Crippen LogP contribution in [0.1, 0.15) is 35.7 Å². The van der Waals surface area contributed by atoms with Gasteiger partial charge in [0.2, 0.25) is 0 Å². The van der Waals surface area contributed by atoms with Crippen molar-refractivity contribution in [2.75, 3.05) is 13.2 Å². The van der Waals surface area contributed by atoms with Crippen LogP contribution in [0.2, 0.25) is 0 Å². The summed E-state index contributed by atoms with van der Waals surface area (Å²) in [4.78, 5) is 16.4. The van der Waals surface area contributed by atoms with Crippen LogP contribution in [0, 0.1) is 31.3 Å². The standard InChI is InChI=1S/C29H24F3N3O5/c1-5-38-23-11-19(29(36)37)26(32)27(39-6-2)25(23)20-13-35(22-8-7-17(30)10-21(22)31)28-18(20)9-16(12-33-28)24-14(3)34-40-15(24)4/h7-13H,5-6H2,1-4H3,(H,36,37). The van der Waals surface area contributed by atoms with E-state index in [9.17, 15) is 14.3 Å². The molecule has 0 aliphatic carbocycles. The number of carboxylic acids is 1. The van der Waals surface area contributed by atoms with Crippen LogP contribution in [0.3, 0.4) is 0 Å². The summed E-state index contributed by atoms with van der Waals surface area (Å²) in [5, 5.41) is 14.1. The predicted octanol–water partition coefficient (Wildman–Crippen LogP) is 6.88. The topological polar surface area (TPSA) is 99.6 Å². The summed E-state index contributed by atoms with van der Waals surface area (Å²) in [7, 11) is 0. The summed E-state index contributed by atoms with van der Waals surface area (Å²) >= 11 is 0. The summed E-state index contributed by atoms with van der Waals surface area (Å²) in [6.45, 7) is 7.01. The van der Waals surface area contributed by atoms with Crippen molar-refractivity contribution >= 4 is 17.0 Å². The summed E-state index contributed by atoms with van der Waals surface area (Å²) in [6.07, 6.45) is 3.07. The fourth-order valence-corrected chi connectivity index (χ4v) is 4.77. The highest BCUT2D eigenvalue weighted by molar-refractivity contribution is 6.02. The number of rotatable bonds is 8. The van der Waals surface area contributed by atoms with Crippen molar-refractivity contribution in [1.82, 2.24) is 14.7 Å². The van der Waals surface area contributed by atoms with Crippen LogP contribution in [-0.4, -0.2) is 39.0 Å². The summed E-state index contributed by atoms with van der Waals surface area (Å²) < 4.78 is 62.5. The number of benzene rings is 2. The molecule has 206 valence electrons. The lowest BCUT2D eigenvalue weighted by Crippen LogP contribution is -2.08. The largest absolute Gasteiger partial charge is 0.493 e. The molecule has 0 saturated carbocycles. The van der Waals surface area contributed by atoms with Crippen LogP contribution in [0.15, 0.2) is 47.2 Å². The molecule has 2 aromatic carbocycles. The van der Waals surface area contributed by atoms with Gasteiger partial charge in [0.25, 0.3) is 0 Å². The number of aromatic nitrogens is 3. The second-order valence-electron chi connectivity index (χ2n) is 8.91. The van der Waals surface area contributed by atoms with Gasteiger partial charge in [-0.2, -0.15) is 0 Å². The van der Waals surface area contributed by atoms with E-state index in [1.807, 2.05) is 0 Å². The lowest BCUT2D eigenvalue weighted by Gasteiger charge is -2.17. The first-order chi connectivity index (χ1) is 19.2. The number of halogens is 3. The van der Waals surface area contributed by atoms with Crippen LogP contribution < -0.4 is 9.47 Å². The molecule has 0 bridgehead atoms. The molecular weight excluding hydrogens is 527 g/mol. The van der Waals surface area contributed by atoms with Crippen molar-refractivity contribution < 1.29 is 37.1 Å². The molecule has 0 radical (unpaired) electrons. The van der Waals surface area contributed by atoms with E-state index in [0.717, 1.165) is 18.2 Å². The maximum atomic E-state index is 15.6. The minimum atomic E-state index is -1.50. The molecule has 11 heteroatoms. The summed E-state index contributed by atoms with van der Waals surface area (Å²) in [5.74, 6) is -3.93. The monoisotopic (exact) mass is 551 g/mol. The minimum Gasteiger partial charge on any atom is -0.493 e. The molecule has 0 aliphatic heterocycles. The molecular formula is C29H24F3N3O5. The number of ether oxygens (including phenoxy) is 2. The van der Waals surface area contributed by atoms with Gasteiger partial charge < -0.3 is 19.1 Å². The number of hydrogen-bond donors (Lipinski definition) is 1. The van der Waals surface area contributed by atoms with Gasteiger partial charge in [0, 0.05) is 40.5 Å². The third-order valence-corrected chi connectivity index (χ3v) is 6.41. The fraction of sp³-hybridized carbons (Fsp3) is 0.207. The van der Waals surface area contributed by atoms with Gasteiger partial charge in [-0.05, 0) is 52.0 Å². The highest BCUT2D eigenvalue weighted by Crippen LogP contribution is 2.46. The Hall–Kier alpha value is -4.80. The molecule has 0 amide bonds. The van der Waals surface area contributed by atoms with Crippen LogP contribution >= 0.6 is 0 Å². The van der Waals surface area contributed by atoms with Gasteiger partial charge in [0.15, 0.2) is 11.6 Å². The molecule has 0 unspecified atom stereocenters. The summed E-state index contributed by atoms with van der Waals surface area (Å²) in [5.41, 5.74) is 2.02. The van der Waals surface area contributed by atoms with Crippen LogP contribution in [-0.2, 0) is 0 Å². The predicted molar refractivity (Wildman–Crippen MR) is 141 cm³/mol. The Balaban J connectivity index is 1.91. The van der Waals surface area contributed by atoms with Gasteiger partial charge in [-0.15, -0.1) is 0 Å². The Labute approximate surface area is 226 Å². The van der Waals surface area contributed by atoms with Crippen molar-refractivity contribution in [3.8, 4) is 39.4 Å². The normalized spacial score (nSPS) is 11.3. The second-order valence-corrected chi connectivity index (χ2v) is 8.91. The van der Waals surface area contributed by atoms with E-state index in [-0.39, 0.29) is 41.6 Å². The molecule has 3 heterocycles. The summed E-state index contributed by atoms with van der Waals surface area (Å²) in [6, 6.07) is 5.97. The van der Waals surface area contributed by atoms with E-state index >= 15 is 8.78 Å². The third-order valence-electron chi connectivity index (χ3n) is 6.41. The Bertz CT molecular complexity index is 1760. The van der Waals surface area contributed by atoms with E-state index in [4.69, 9.17) is 14.0 Å². The minimum absolute atomic E-state index is 0.00575. The highest BCUT2D eigenvalue weighted by atomic mass is 19.1. The molecule has 3 aromatic heterocycles. The molecule has 0 aliphatic rings. The van der Waals surface area contributed by atoms with Crippen molar-refractivity contribution in [3.05, 3.63) is 77.2 Å². The molecule has 0 spiro atoms. The molecule has 0 fully saturated rings. The van der Waals surface area contributed by atoms with E-state index < -0.39 is 29.0 Å². The van der Waals surface area contributed by atoms with Crippen LogP contribution in [0.5, 0.6) is 11.5 Å². The maximum absolute atomic E-state index is 15.6. The molecule has 0 saturated heterocycles. The first kappa shape index (κ1) is 26.8. The maximum Gasteiger partial charge on any atom is 0.338 e. The van der Waals surface area contributed by atoms with Crippen molar-refractivity contribution in [2.45, 2.75) is 27.7 Å². The number of pyridine rings is 1. The number of aryl methyl sites for hydroxylation is 2. The number of fused-ring (bicyclic) bond motifs is 1. The van der Waals surface area contributed by atoms with Gasteiger partial charge in [-0.3, -0.25) is 4.57 Å². The van der Waals surface area contributed by atoms with E-state index in [1.165, 1.54) is 16.8 Å². The van der Waals surface area contributed by atoms with Gasteiger partial charge in [-0.25, -0.2) is 22.9 Å². The fourth-order valence-electron chi connectivity index (χ4n) is 4.77. The molecule has 0 atom stereocenters. The number of hydrogen-bond acceptors (Lipinski definition) is 6. The average Bonchev–Trinajstić information content (AvgIpc) is 3.44. The van der Waals surface area contributed by atoms with Crippen molar-refractivity contribution in [2.24, 2.45) is 0 Å². The van der Waals surface area contributed by atoms with E-state index in [2.05, 4.69) is 10.1 Å². The first-order valence-corrected chi connectivity index (χ1v) is 12.4. The molecule has 1 N–H and O–H groups in total. The smallest absolute Gasteiger partial charge is 0.338 e. The number of carbonyl (C=O) groups is 1. The average molecular weight is 552 g/mol. The number of nitrogens with zero attached hydrogens (tertiary/aromatic N) is 3. The zero-order valence-corrected chi connectivity index (χ0v) is 22.0. The number of carboxylic acid groups (broad SMARTS) is 1. The lowest BCUT2D eigenvalue weighted by molar-refractivity contribution is 0.0690. The Morgan fingerprint density at radius 2 is 1.80 bits per heavy atom. The van der Waals surface area contributed by atoms with Crippen LogP contribution in [0.25, 0.3) is 39.0 Å². The zero-order chi connectivity index (χ0) is 28.7. The van der Waals surface area contributed by atoms with E-state index in [0.29, 0.717) is 33.5 Å². The molecule has 5 rings (SSSR count). The number of aromatic carboxylic acids is 1. The van der Waals surface area contributed by atoms with E-state index in [1.54, 1.807) is 40.0 Å². The molecule has 8 nitrogen and oxygen atoms in total. The van der Waals surface area contributed by atoms with Gasteiger partial charge in [-0.1, -0.05) is 5.16 Å². The highest BCUT2D eigenvalue weighted by Gasteiger charge is 2.28. The first-order valence-electron chi connectivity index (χ1n) is 12.4. The van der Waals surface area contributed by atoms with Gasteiger partial charge in [0.05, 0.1) is 30.2 Å². The SMILES string of the molecule is CCOc1cc(C(=O)O)c(F)c(OCC)c1-c1cn(-c2ccc(F)cc2F)c2ncc(-c3c(C)noc3C)cc12. The second kappa shape index (κ2) is 10.4. The van der Waals surface area contributed by atoms with Crippen molar-refractivity contribution in [3.63, 3.8) is 0 Å². The van der Waals surface area contributed by atoms with Crippen LogP contribution in [0.4, 0.5) is 13.2 Å². The molecule has 40 heavy (non-hydrogen) atoms. The Morgan fingerprint density at radius 3 is 2.42 bits per heavy atom. The Morgan fingerprint density at radius 1 is 1.05 bits per heavy atom. The van der Waals surface area contributed by atoms with Gasteiger partial charge in [0.1, 0.15) is 34.4 Å². The lowest BCUT2D eigenvalue weighted by atomic mass is 9.98. The van der Waals surface area contributed by atoms with Crippen molar-refractivity contribution in [1.29, 1.82) is 0 Å². The third kappa shape index (κ3) is 4.42. The zero-order valence-electron chi connectivity index (χ0n) is 22.0. The quantitative estimate of drug-likeness (QED) is 0.224. The molecule has 5 aromatic rings. The van der Waals surface area contributed by atoms with Gasteiger partial charge >= 0.3 is 5.97 Å².